The molecule has 0 radical (unpaired) electrons. The van der Waals surface area contributed by atoms with Crippen LogP contribution in [-0.4, -0.2) is 35.0 Å². The fourth-order valence-corrected chi connectivity index (χ4v) is 4.08. The lowest BCUT2D eigenvalue weighted by Crippen LogP contribution is -2.47. The quantitative estimate of drug-likeness (QED) is 0.546. The second kappa shape index (κ2) is 4.36. The van der Waals surface area contributed by atoms with Gasteiger partial charge in [-0.25, -0.2) is 0 Å². The molecular weight excluding hydrogens is 200 g/mol. The Kier molecular flexibility index (Phi) is 2.88. The van der Waals surface area contributed by atoms with Crippen molar-refractivity contribution >= 4 is 5.71 Å². The first kappa shape index (κ1) is 10.6. The van der Waals surface area contributed by atoms with Crippen LogP contribution in [0.2, 0.25) is 0 Å². The summed E-state index contributed by atoms with van der Waals surface area (Å²) in [7, 11) is 0. The number of likely N-dealkylation sites (tertiary alicyclic amines) is 1. The minimum absolute atomic E-state index is 0.571. The Hall–Kier alpha value is -0.570. The molecule has 1 aliphatic heterocycles. The van der Waals surface area contributed by atoms with Crippen molar-refractivity contribution in [3.8, 4) is 0 Å². The lowest BCUT2D eigenvalue weighted by Gasteiger charge is -2.40. The molecule has 0 aromatic heterocycles. The number of hydrogen-bond donors (Lipinski definition) is 1. The van der Waals surface area contributed by atoms with E-state index < -0.39 is 0 Å². The molecule has 3 fully saturated rings. The number of oxime groups is 1. The van der Waals surface area contributed by atoms with Crippen molar-refractivity contribution in [1.29, 1.82) is 0 Å². The van der Waals surface area contributed by atoms with E-state index in [2.05, 4.69) is 10.1 Å². The number of hydrogen-bond acceptors (Lipinski definition) is 3. The van der Waals surface area contributed by atoms with Gasteiger partial charge >= 0.3 is 0 Å². The summed E-state index contributed by atoms with van der Waals surface area (Å²) >= 11 is 0. The number of fused-ring (bicyclic) bond motifs is 2. The van der Waals surface area contributed by atoms with Gasteiger partial charge in [0.1, 0.15) is 0 Å². The van der Waals surface area contributed by atoms with Gasteiger partial charge in [-0.1, -0.05) is 11.6 Å². The standard InChI is InChI=1S/C13H22N2O/c16-14-13-10-4-6-11(13)12(7-5-10)15-8-2-1-3-9-15/h10-12,16H,1-9H2/b14-13+/t10-,11-,12-/m0/s1. The van der Waals surface area contributed by atoms with E-state index in [4.69, 9.17) is 5.21 Å². The SMILES string of the molecule is O/N=C1\[C@H]2CC[C@H]1[C@@H](N1CCCCC1)CC2. The summed E-state index contributed by atoms with van der Waals surface area (Å²) in [6.07, 6.45) is 9.21. The van der Waals surface area contributed by atoms with Crippen LogP contribution in [0.25, 0.3) is 0 Å². The summed E-state index contributed by atoms with van der Waals surface area (Å²) in [5.74, 6) is 1.18. The van der Waals surface area contributed by atoms with Gasteiger partial charge in [-0.15, -0.1) is 0 Å². The van der Waals surface area contributed by atoms with Gasteiger partial charge in [-0.2, -0.15) is 0 Å². The lowest BCUT2D eigenvalue weighted by molar-refractivity contribution is 0.123. The molecule has 3 aliphatic rings. The summed E-state index contributed by atoms with van der Waals surface area (Å²) in [6.45, 7) is 2.54. The zero-order valence-electron chi connectivity index (χ0n) is 9.94. The monoisotopic (exact) mass is 222 g/mol. The molecule has 90 valence electrons. The average Bonchev–Trinajstić information content (AvgIpc) is 2.63. The Morgan fingerprint density at radius 1 is 1.00 bits per heavy atom. The maximum atomic E-state index is 9.16. The molecule has 0 unspecified atom stereocenters. The van der Waals surface area contributed by atoms with Crippen LogP contribution >= 0.6 is 0 Å². The van der Waals surface area contributed by atoms with Gasteiger partial charge in [0.05, 0.1) is 5.71 Å². The topological polar surface area (TPSA) is 35.8 Å². The third-order valence-corrected chi connectivity index (χ3v) is 4.87. The average molecular weight is 222 g/mol. The molecule has 0 spiro atoms. The van der Waals surface area contributed by atoms with Crippen LogP contribution in [0, 0.1) is 11.8 Å². The van der Waals surface area contributed by atoms with E-state index in [1.54, 1.807) is 0 Å². The highest BCUT2D eigenvalue weighted by atomic mass is 16.4. The van der Waals surface area contributed by atoms with Crippen molar-refractivity contribution in [2.45, 2.75) is 51.0 Å². The smallest absolute Gasteiger partial charge is 0.0648 e. The third kappa shape index (κ3) is 1.65. The van der Waals surface area contributed by atoms with E-state index >= 15 is 0 Å². The summed E-state index contributed by atoms with van der Waals surface area (Å²) in [5, 5.41) is 12.8. The van der Waals surface area contributed by atoms with Gasteiger partial charge in [0, 0.05) is 17.9 Å². The Labute approximate surface area is 97.5 Å². The molecule has 1 heterocycles. The fourth-order valence-electron chi connectivity index (χ4n) is 4.08. The molecule has 3 atom stereocenters. The first-order chi connectivity index (χ1) is 7.90. The first-order valence-electron chi connectivity index (χ1n) is 6.86. The van der Waals surface area contributed by atoms with Crippen LogP contribution in [-0.2, 0) is 0 Å². The highest BCUT2D eigenvalue weighted by Gasteiger charge is 2.44. The van der Waals surface area contributed by atoms with Gasteiger partial charge in [0.2, 0.25) is 0 Å². The summed E-state index contributed by atoms with van der Waals surface area (Å²) in [5.41, 5.74) is 1.13. The van der Waals surface area contributed by atoms with Crippen LogP contribution in [0.5, 0.6) is 0 Å². The fraction of sp³-hybridized carbons (Fsp3) is 0.923. The van der Waals surface area contributed by atoms with Crippen LogP contribution in [0.3, 0.4) is 0 Å². The predicted molar refractivity (Wildman–Crippen MR) is 63.9 cm³/mol. The van der Waals surface area contributed by atoms with E-state index in [1.807, 2.05) is 0 Å². The third-order valence-electron chi connectivity index (χ3n) is 4.87. The molecule has 16 heavy (non-hydrogen) atoms. The van der Waals surface area contributed by atoms with E-state index in [0.717, 1.165) is 5.71 Å². The van der Waals surface area contributed by atoms with Crippen molar-refractivity contribution in [3.05, 3.63) is 0 Å². The second-order valence-corrected chi connectivity index (χ2v) is 5.65. The second-order valence-electron chi connectivity index (χ2n) is 5.65. The molecule has 3 heteroatoms. The Morgan fingerprint density at radius 2 is 1.75 bits per heavy atom. The van der Waals surface area contributed by atoms with E-state index in [-0.39, 0.29) is 0 Å². The van der Waals surface area contributed by atoms with Gasteiger partial charge < -0.3 is 5.21 Å². The zero-order valence-corrected chi connectivity index (χ0v) is 9.94. The molecule has 0 aromatic carbocycles. The highest BCUT2D eigenvalue weighted by molar-refractivity contribution is 5.91. The molecule has 1 saturated heterocycles. The minimum Gasteiger partial charge on any atom is -0.411 e. The highest BCUT2D eigenvalue weighted by Crippen LogP contribution is 2.42. The van der Waals surface area contributed by atoms with Crippen LogP contribution in [0.4, 0.5) is 0 Å². The Balaban J connectivity index is 1.75. The van der Waals surface area contributed by atoms with E-state index in [9.17, 15) is 0 Å². The van der Waals surface area contributed by atoms with Gasteiger partial charge in [-0.3, -0.25) is 4.90 Å². The van der Waals surface area contributed by atoms with Crippen molar-refractivity contribution < 1.29 is 5.21 Å². The van der Waals surface area contributed by atoms with E-state index in [1.165, 1.54) is 58.0 Å². The van der Waals surface area contributed by atoms with Crippen molar-refractivity contribution in [1.82, 2.24) is 4.90 Å². The molecule has 0 amide bonds. The maximum absolute atomic E-state index is 9.16. The predicted octanol–water partition coefficient (Wildman–Crippen LogP) is 2.49. The number of rotatable bonds is 1. The molecule has 3 rings (SSSR count). The maximum Gasteiger partial charge on any atom is 0.0648 e. The molecule has 2 aliphatic carbocycles. The Bertz CT molecular complexity index is 284. The number of nitrogens with zero attached hydrogens (tertiary/aromatic N) is 2. The van der Waals surface area contributed by atoms with Crippen molar-refractivity contribution in [2.75, 3.05) is 13.1 Å². The first-order valence-corrected chi connectivity index (χ1v) is 6.86. The largest absolute Gasteiger partial charge is 0.411 e. The number of piperidine rings is 1. The lowest BCUT2D eigenvalue weighted by atomic mass is 9.81. The van der Waals surface area contributed by atoms with Crippen LogP contribution < -0.4 is 0 Å². The molecule has 3 nitrogen and oxygen atoms in total. The minimum atomic E-state index is 0.571. The van der Waals surface area contributed by atoms with Gasteiger partial charge in [0.15, 0.2) is 0 Å². The van der Waals surface area contributed by atoms with Gasteiger partial charge in [0.25, 0.3) is 0 Å². The van der Waals surface area contributed by atoms with Gasteiger partial charge in [-0.05, 0) is 51.6 Å². The molecule has 2 bridgehead atoms. The molecule has 1 N–H and O–H groups in total. The normalized spacial score (nSPS) is 42.8. The molecule has 2 saturated carbocycles. The summed E-state index contributed by atoms with van der Waals surface area (Å²) < 4.78 is 0. The zero-order chi connectivity index (χ0) is 11.0. The molecule has 0 aromatic rings. The van der Waals surface area contributed by atoms with Crippen molar-refractivity contribution in [3.63, 3.8) is 0 Å². The van der Waals surface area contributed by atoms with Crippen LogP contribution in [0.15, 0.2) is 5.16 Å². The van der Waals surface area contributed by atoms with Crippen LogP contribution in [0.1, 0.15) is 44.9 Å². The summed E-state index contributed by atoms with van der Waals surface area (Å²) in [4.78, 5) is 2.67. The summed E-state index contributed by atoms with van der Waals surface area (Å²) in [6, 6.07) is 0.685. The van der Waals surface area contributed by atoms with E-state index in [0.29, 0.717) is 17.9 Å². The Morgan fingerprint density at radius 3 is 2.50 bits per heavy atom. The molecular formula is C13H22N2O. The van der Waals surface area contributed by atoms with Crippen molar-refractivity contribution in [2.24, 2.45) is 17.0 Å².